The zero-order valence-electron chi connectivity index (χ0n) is 48.4. The van der Waals surface area contributed by atoms with E-state index in [2.05, 4.69) is 304 Å². The average Bonchev–Trinajstić information content (AvgIpc) is 3.52. The predicted molar refractivity (Wildman–Crippen MR) is 339 cm³/mol. The number of nitrogens with zero attached hydrogens (tertiary/aromatic N) is 3. The predicted octanol–water partition coefficient (Wildman–Crippen LogP) is 19.3. The van der Waals surface area contributed by atoms with Crippen LogP contribution in [0.15, 0.2) is 206 Å². The minimum atomic E-state index is -0.0555. The summed E-state index contributed by atoms with van der Waals surface area (Å²) in [4.78, 5) is 7.77. The lowest BCUT2D eigenvalue weighted by Crippen LogP contribution is -2.61. The maximum atomic E-state index is 2.61. The molecule has 2 aliphatic rings. The highest BCUT2D eigenvalue weighted by molar-refractivity contribution is 7.00. The average molecular weight is 1020 g/mol. The number of anilines is 9. The summed E-state index contributed by atoms with van der Waals surface area (Å²) in [6, 6.07) is 78.8. The molecule has 2 heterocycles. The summed E-state index contributed by atoms with van der Waals surface area (Å²) in [5, 5.41) is 0. The monoisotopic (exact) mass is 1020 g/mol. The van der Waals surface area contributed by atoms with E-state index in [1.54, 1.807) is 0 Å². The number of para-hydroxylation sites is 2. The van der Waals surface area contributed by atoms with Gasteiger partial charge in [-0.25, -0.2) is 0 Å². The first-order valence-corrected chi connectivity index (χ1v) is 28.9. The van der Waals surface area contributed by atoms with Crippen LogP contribution in [0, 0.1) is 0 Å². The Hall–Kier alpha value is -7.56. The largest absolute Gasteiger partial charge is 0.311 e. The molecule has 0 saturated carbocycles. The molecule has 0 radical (unpaired) electrons. The molecule has 0 aromatic heterocycles. The lowest BCUT2D eigenvalue weighted by atomic mass is 9.33. The molecule has 0 unspecified atom stereocenters. The fourth-order valence-corrected chi connectivity index (χ4v) is 11.9. The van der Waals surface area contributed by atoms with E-state index in [9.17, 15) is 0 Å². The molecule has 0 fully saturated rings. The third kappa shape index (κ3) is 9.15. The van der Waals surface area contributed by atoms with Crippen molar-refractivity contribution in [2.24, 2.45) is 0 Å². The Balaban J connectivity index is 1.30. The third-order valence-electron chi connectivity index (χ3n) is 18.7. The highest BCUT2D eigenvalue weighted by Gasteiger charge is 2.45. The summed E-state index contributed by atoms with van der Waals surface area (Å²) >= 11 is 0. The van der Waals surface area contributed by atoms with Gasteiger partial charge in [0.15, 0.2) is 0 Å². The van der Waals surface area contributed by atoms with Gasteiger partial charge >= 0.3 is 0 Å². The normalized spacial score (nSPS) is 13.3. The van der Waals surface area contributed by atoms with Gasteiger partial charge in [-0.3, -0.25) is 0 Å². The number of rotatable bonds is 15. The van der Waals surface area contributed by atoms with Crippen molar-refractivity contribution in [3.8, 4) is 22.3 Å². The van der Waals surface area contributed by atoms with Crippen LogP contribution in [-0.4, -0.2) is 6.71 Å². The minimum absolute atomic E-state index is 0.0252. The molecule has 0 amide bonds. The van der Waals surface area contributed by atoms with Crippen molar-refractivity contribution in [1.29, 1.82) is 0 Å². The molecule has 2 aliphatic heterocycles. The molecule has 11 rings (SSSR count). The highest BCUT2D eigenvalue weighted by Crippen LogP contribution is 2.52. The molecule has 9 aromatic rings. The second kappa shape index (κ2) is 20.3. The van der Waals surface area contributed by atoms with E-state index < -0.39 is 0 Å². The topological polar surface area (TPSA) is 9.72 Å². The van der Waals surface area contributed by atoms with Gasteiger partial charge in [-0.05, 0) is 158 Å². The number of fused-ring (bicyclic) bond motifs is 4. The fourth-order valence-electron chi connectivity index (χ4n) is 11.9. The summed E-state index contributed by atoms with van der Waals surface area (Å²) < 4.78 is 0. The molecule has 3 nitrogen and oxygen atoms in total. The van der Waals surface area contributed by atoms with Crippen LogP contribution in [0.5, 0.6) is 0 Å². The van der Waals surface area contributed by atoms with Crippen molar-refractivity contribution in [3.05, 3.63) is 229 Å². The quantitative estimate of drug-likeness (QED) is 0.0948. The van der Waals surface area contributed by atoms with Crippen LogP contribution >= 0.6 is 0 Å². The SMILES string of the molecule is CCC(C)(C)c1ccc(N2c3ccc(C(C)(C)CC)cc3B3c4cc(C(C)(C)CC)ccc4N(c4ccc(C(C)(C)CC)cc4)c4cc(N(c5ccccc5-c5ccccc5)c5ccccc5-c5ccccc5)cc2c43)cc1. The van der Waals surface area contributed by atoms with Gasteiger partial charge < -0.3 is 14.7 Å². The van der Waals surface area contributed by atoms with E-state index in [-0.39, 0.29) is 28.4 Å². The van der Waals surface area contributed by atoms with Crippen LogP contribution in [0.4, 0.5) is 51.2 Å². The van der Waals surface area contributed by atoms with E-state index in [0.29, 0.717) is 0 Å². The first kappa shape index (κ1) is 52.5. The van der Waals surface area contributed by atoms with Gasteiger partial charge in [-0.2, -0.15) is 0 Å². The Labute approximate surface area is 467 Å². The number of benzene rings is 9. The molecule has 4 heteroatoms. The van der Waals surface area contributed by atoms with Gasteiger partial charge in [0.25, 0.3) is 6.71 Å². The summed E-state index contributed by atoms with van der Waals surface area (Å²) in [6.45, 7) is 28.3. The molecule has 0 spiro atoms. The maximum Gasteiger partial charge on any atom is 0.252 e. The molecule has 78 heavy (non-hydrogen) atoms. The van der Waals surface area contributed by atoms with Gasteiger partial charge in [0.1, 0.15) is 0 Å². The summed E-state index contributed by atoms with van der Waals surface area (Å²) in [5.74, 6) is 0. The molecule has 0 bridgehead atoms. The Morgan fingerprint density at radius 3 is 1.05 bits per heavy atom. The van der Waals surface area contributed by atoms with Crippen molar-refractivity contribution in [1.82, 2.24) is 0 Å². The molecule has 0 atom stereocenters. The molecule has 392 valence electrons. The molecule has 0 saturated heterocycles. The van der Waals surface area contributed by atoms with Crippen LogP contribution in [0.3, 0.4) is 0 Å². The van der Waals surface area contributed by atoms with E-state index in [1.165, 1.54) is 72.5 Å². The molecular weight excluding hydrogens is 942 g/mol. The first-order chi connectivity index (χ1) is 37.5. The van der Waals surface area contributed by atoms with Crippen molar-refractivity contribution >= 4 is 74.3 Å². The highest BCUT2D eigenvalue weighted by atomic mass is 15.2. The van der Waals surface area contributed by atoms with Crippen molar-refractivity contribution in [2.45, 2.75) is 130 Å². The van der Waals surface area contributed by atoms with E-state index in [0.717, 1.165) is 65.2 Å². The van der Waals surface area contributed by atoms with E-state index in [1.807, 2.05) is 0 Å². The zero-order chi connectivity index (χ0) is 54.7. The van der Waals surface area contributed by atoms with Gasteiger partial charge in [-0.1, -0.05) is 229 Å². The maximum absolute atomic E-state index is 2.61. The van der Waals surface area contributed by atoms with Gasteiger partial charge in [0, 0.05) is 45.3 Å². The lowest BCUT2D eigenvalue weighted by Gasteiger charge is -2.46. The second-order valence-corrected chi connectivity index (χ2v) is 24.7. The van der Waals surface area contributed by atoms with Crippen LogP contribution in [0.1, 0.15) is 131 Å². The fraction of sp³-hybridized carbons (Fsp3) is 0.270. The minimum Gasteiger partial charge on any atom is -0.311 e. The van der Waals surface area contributed by atoms with E-state index in [4.69, 9.17) is 0 Å². The van der Waals surface area contributed by atoms with Crippen molar-refractivity contribution < 1.29 is 0 Å². The van der Waals surface area contributed by atoms with Gasteiger partial charge in [0.2, 0.25) is 0 Å². The zero-order valence-corrected chi connectivity index (χ0v) is 48.4. The standard InChI is InChI=1S/C74H78BN3/c1-13-71(5,6)53-35-41-57(42-36-53)76-66-45-39-55(73(9,10)15-3)47-62(66)75-63-48-56(74(11,12)16-4)40-46-67(63)77(58-43-37-54(38-44-58)72(7,8)14-2)69-50-59(49-68(76)70(69)75)78(64-33-25-23-31-60(64)51-27-19-17-20-28-51)65-34-26-24-32-61(65)52-29-21-18-22-30-52/h17-50H,13-16H2,1-12H3. The molecular formula is C74H78BN3. The van der Waals surface area contributed by atoms with Gasteiger partial charge in [-0.15, -0.1) is 0 Å². The van der Waals surface area contributed by atoms with E-state index >= 15 is 0 Å². The van der Waals surface area contributed by atoms with Crippen molar-refractivity contribution in [2.75, 3.05) is 14.7 Å². The summed E-state index contributed by atoms with van der Waals surface area (Å²) in [6.07, 6.45) is 4.18. The lowest BCUT2D eigenvalue weighted by molar-refractivity contribution is 0.506. The Morgan fingerprint density at radius 1 is 0.346 bits per heavy atom. The second-order valence-electron chi connectivity index (χ2n) is 24.7. The number of hydrogen-bond donors (Lipinski definition) is 0. The molecule has 0 aliphatic carbocycles. The van der Waals surface area contributed by atoms with Crippen LogP contribution in [-0.2, 0) is 21.7 Å². The molecule has 9 aromatic carbocycles. The Bertz CT molecular complexity index is 3390. The van der Waals surface area contributed by atoms with Crippen LogP contribution in [0.2, 0.25) is 0 Å². The summed E-state index contributed by atoms with van der Waals surface area (Å²) in [5.41, 5.74) is 24.6. The van der Waals surface area contributed by atoms with Crippen molar-refractivity contribution in [3.63, 3.8) is 0 Å². The number of hydrogen-bond acceptors (Lipinski definition) is 3. The van der Waals surface area contributed by atoms with Crippen LogP contribution < -0.4 is 31.1 Å². The summed E-state index contributed by atoms with van der Waals surface area (Å²) in [7, 11) is 0. The smallest absolute Gasteiger partial charge is 0.252 e. The van der Waals surface area contributed by atoms with Gasteiger partial charge in [0.05, 0.1) is 17.1 Å². The Morgan fingerprint density at radius 2 is 0.679 bits per heavy atom. The Kier molecular flexibility index (Phi) is 13.7. The van der Waals surface area contributed by atoms with Crippen LogP contribution in [0.25, 0.3) is 22.3 Å². The third-order valence-corrected chi connectivity index (χ3v) is 18.7. The molecule has 0 N–H and O–H groups in total. The first-order valence-electron chi connectivity index (χ1n) is 28.9.